The summed E-state index contributed by atoms with van der Waals surface area (Å²) >= 11 is 1.09. The van der Waals surface area contributed by atoms with Gasteiger partial charge in [-0.2, -0.15) is 5.10 Å². The average molecular weight is 516 g/mol. The van der Waals surface area contributed by atoms with E-state index in [1.807, 2.05) is 65.3 Å². The van der Waals surface area contributed by atoms with Crippen molar-refractivity contribution in [1.29, 1.82) is 0 Å². The average Bonchev–Trinajstić information content (AvgIpc) is 3.55. The van der Waals surface area contributed by atoms with Gasteiger partial charge >= 0.3 is 0 Å². The van der Waals surface area contributed by atoms with Crippen LogP contribution >= 0.6 is 11.8 Å². The Hall–Kier alpha value is -4.44. The lowest BCUT2D eigenvalue weighted by atomic mass is 10.1. The molecule has 2 aromatic heterocycles. The van der Waals surface area contributed by atoms with Gasteiger partial charge in [-0.3, -0.25) is 9.48 Å². The molecule has 0 aliphatic heterocycles. The molecule has 0 bridgehead atoms. The molecule has 0 aliphatic rings. The van der Waals surface area contributed by atoms with Crippen molar-refractivity contribution in [2.75, 3.05) is 18.2 Å². The zero-order chi connectivity index (χ0) is 25.6. The molecule has 5 aromatic rings. The first kappa shape index (κ1) is 24.3. The van der Waals surface area contributed by atoms with E-state index in [1.165, 1.54) is 18.2 Å². The molecule has 0 saturated carbocycles. The number of carbonyl (C=O) groups is 1. The second-order valence-corrected chi connectivity index (χ2v) is 8.93. The summed E-state index contributed by atoms with van der Waals surface area (Å²) in [5.41, 5.74) is 3.76. The second-order valence-electron chi connectivity index (χ2n) is 8.01. The van der Waals surface area contributed by atoms with Crippen LogP contribution in [0.4, 0.5) is 10.1 Å². The van der Waals surface area contributed by atoms with Crippen molar-refractivity contribution in [3.63, 3.8) is 0 Å². The molecule has 5 rings (SSSR count). The number of hydrogen-bond acceptors (Lipinski definition) is 7. The number of carbonyl (C=O) groups excluding carboxylic acids is 1. The maximum atomic E-state index is 13.3. The molecule has 1 amide bonds. The van der Waals surface area contributed by atoms with Gasteiger partial charge in [0.2, 0.25) is 5.91 Å². The number of thioether (sulfide) groups is 1. The van der Waals surface area contributed by atoms with Crippen molar-refractivity contribution in [2.45, 2.75) is 11.8 Å². The van der Waals surface area contributed by atoms with Crippen molar-refractivity contribution in [2.24, 2.45) is 0 Å². The van der Waals surface area contributed by atoms with Crippen LogP contribution in [0, 0.1) is 5.82 Å². The molecule has 0 radical (unpaired) electrons. The summed E-state index contributed by atoms with van der Waals surface area (Å²) in [6.07, 6.45) is 0. The Bertz CT molecular complexity index is 1500. The molecule has 0 atom stereocenters. The molecule has 0 spiro atoms. The Morgan fingerprint density at radius 1 is 1.03 bits per heavy atom. The van der Waals surface area contributed by atoms with Gasteiger partial charge in [-0.1, -0.05) is 48.2 Å². The molecule has 10 heteroatoms. The van der Waals surface area contributed by atoms with E-state index in [4.69, 9.17) is 14.3 Å². The van der Waals surface area contributed by atoms with E-state index in [1.54, 1.807) is 13.2 Å². The summed E-state index contributed by atoms with van der Waals surface area (Å²) in [5.74, 6) is 0.335. The SMILES string of the molecule is COc1ccc(-c2cc(-c3nnc(SCC(=O)Nc4cccc(F)c4)o3)n(Cc3ccccc3)n2)cc1. The van der Waals surface area contributed by atoms with E-state index < -0.39 is 5.82 Å². The van der Waals surface area contributed by atoms with Crippen LogP contribution in [-0.2, 0) is 11.3 Å². The lowest BCUT2D eigenvalue weighted by molar-refractivity contribution is -0.113. The van der Waals surface area contributed by atoms with Gasteiger partial charge in [0.05, 0.1) is 25.1 Å². The number of nitrogens with one attached hydrogen (secondary N) is 1. The first-order chi connectivity index (χ1) is 18.1. The fraction of sp³-hybridized carbons (Fsp3) is 0.111. The van der Waals surface area contributed by atoms with E-state index in [9.17, 15) is 9.18 Å². The quantitative estimate of drug-likeness (QED) is 0.258. The lowest BCUT2D eigenvalue weighted by Gasteiger charge is -2.05. The van der Waals surface area contributed by atoms with Crippen molar-refractivity contribution >= 4 is 23.4 Å². The third-order valence-electron chi connectivity index (χ3n) is 5.40. The number of amides is 1. The van der Waals surface area contributed by atoms with Crippen LogP contribution < -0.4 is 10.1 Å². The minimum Gasteiger partial charge on any atom is -0.497 e. The largest absolute Gasteiger partial charge is 0.497 e. The maximum absolute atomic E-state index is 13.3. The zero-order valence-electron chi connectivity index (χ0n) is 19.8. The molecule has 0 unspecified atom stereocenters. The molecule has 37 heavy (non-hydrogen) atoms. The molecular formula is C27H22FN5O3S. The molecule has 1 N–H and O–H groups in total. The van der Waals surface area contributed by atoms with Crippen LogP contribution in [0.25, 0.3) is 22.8 Å². The number of nitrogens with zero attached hydrogens (tertiary/aromatic N) is 4. The third-order valence-corrected chi connectivity index (χ3v) is 6.22. The topological polar surface area (TPSA) is 95.1 Å². The predicted octanol–water partition coefficient (Wildman–Crippen LogP) is 5.53. The van der Waals surface area contributed by atoms with Crippen molar-refractivity contribution < 1.29 is 18.3 Å². The predicted molar refractivity (Wildman–Crippen MR) is 139 cm³/mol. The number of aromatic nitrogens is 4. The van der Waals surface area contributed by atoms with E-state index in [0.29, 0.717) is 17.9 Å². The summed E-state index contributed by atoms with van der Waals surface area (Å²) in [5, 5.41) is 16.0. The highest BCUT2D eigenvalue weighted by Gasteiger charge is 2.18. The second kappa shape index (κ2) is 11.1. The van der Waals surface area contributed by atoms with Gasteiger partial charge in [0.1, 0.15) is 17.3 Å². The molecule has 0 saturated heterocycles. The van der Waals surface area contributed by atoms with Crippen LogP contribution in [0.3, 0.4) is 0 Å². The number of benzene rings is 3. The molecular weight excluding hydrogens is 493 g/mol. The van der Waals surface area contributed by atoms with Gasteiger partial charge in [-0.15, -0.1) is 10.2 Å². The molecule has 0 aliphatic carbocycles. The number of halogens is 1. The van der Waals surface area contributed by atoms with Crippen LogP contribution in [-0.4, -0.2) is 38.7 Å². The Morgan fingerprint density at radius 2 is 1.84 bits per heavy atom. The maximum Gasteiger partial charge on any atom is 0.277 e. The minimum absolute atomic E-state index is 0.0263. The van der Waals surface area contributed by atoms with Gasteiger partial charge in [0, 0.05) is 11.3 Å². The molecule has 3 aromatic carbocycles. The van der Waals surface area contributed by atoms with Gasteiger partial charge in [-0.25, -0.2) is 4.39 Å². The highest BCUT2D eigenvalue weighted by molar-refractivity contribution is 7.99. The van der Waals surface area contributed by atoms with Crippen LogP contribution in [0.2, 0.25) is 0 Å². The minimum atomic E-state index is -0.423. The highest BCUT2D eigenvalue weighted by atomic mass is 32.2. The van der Waals surface area contributed by atoms with Gasteiger partial charge in [0.25, 0.3) is 11.1 Å². The van der Waals surface area contributed by atoms with E-state index in [2.05, 4.69) is 15.5 Å². The first-order valence-electron chi connectivity index (χ1n) is 11.4. The number of ether oxygens (including phenoxy) is 1. The monoisotopic (exact) mass is 515 g/mol. The first-order valence-corrected chi connectivity index (χ1v) is 12.3. The fourth-order valence-corrected chi connectivity index (χ4v) is 4.19. The summed E-state index contributed by atoms with van der Waals surface area (Å²) in [7, 11) is 1.62. The van der Waals surface area contributed by atoms with Crippen molar-refractivity contribution in [3.05, 3.63) is 96.3 Å². The van der Waals surface area contributed by atoms with Crippen molar-refractivity contribution in [1.82, 2.24) is 20.0 Å². The number of hydrogen-bond donors (Lipinski definition) is 1. The normalized spacial score (nSPS) is 10.9. The third kappa shape index (κ3) is 6.04. The molecule has 2 heterocycles. The van der Waals surface area contributed by atoms with Gasteiger partial charge in [-0.05, 0) is 54.1 Å². The van der Waals surface area contributed by atoms with E-state index in [0.717, 1.165) is 34.3 Å². The Balaban J connectivity index is 1.35. The molecule has 0 fully saturated rings. The molecule has 186 valence electrons. The Kier molecular flexibility index (Phi) is 7.27. The van der Waals surface area contributed by atoms with E-state index in [-0.39, 0.29) is 22.8 Å². The zero-order valence-corrected chi connectivity index (χ0v) is 20.6. The molecule has 8 nitrogen and oxygen atoms in total. The van der Waals surface area contributed by atoms with Crippen LogP contribution in [0.1, 0.15) is 5.56 Å². The van der Waals surface area contributed by atoms with Crippen LogP contribution in [0.15, 0.2) is 94.6 Å². The summed E-state index contributed by atoms with van der Waals surface area (Å²) < 4.78 is 26.3. The Morgan fingerprint density at radius 3 is 2.59 bits per heavy atom. The van der Waals surface area contributed by atoms with Gasteiger partial charge in [0.15, 0.2) is 0 Å². The summed E-state index contributed by atoms with van der Waals surface area (Å²) in [6.45, 7) is 0.507. The van der Waals surface area contributed by atoms with Gasteiger partial charge < -0.3 is 14.5 Å². The standard InChI is InChI=1S/C27H22FN5O3S/c1-35-22-12-10-19(11-13-22)23-15-24(33(32-23)16-18-6-3-2-4-7-18)26-30-31-27(36-26)37-17-25(34)29-21-9-5-8-20(28)14-21/h2-15H,16-17H2,1H3,(H,29,34). The number of methoxy groups -OCH3 is 1. The van der Waals surface area contributed by atoms with Crippen molar-refractivity contribution in [3.8, 4) is 28.6 Å². The summed E-state index contributed by atoms with van der Waals surface area (Å²) in [4.78, 5) is 12.3. The van der Waals surface area contributed by atoms with Crippen LogP contribution in [0.5, 0.6) is 5.75 Å². The lowest BCUT2D eigenvalue weighted by Crippen LogP contribution is -2.14. The smallest absolute Gasteiger partial charge is 0.277 e. The summed E-state index contributed by atoms with van der Waals surface area (Å²) in [6, 6.07) is 25.2. The number of rotatable bonds is 9. The fourth-order valence-electron chi connectivity index (χ4n) is 3.63. The number of anilines is 1. The Labute approximate surface area is 216 Å². The van der Waals surface area contributed by atoms with E-state index >= 15 is 0 Å². The highest BCUT2D eigenvalue weighted by Crippen LogP contribution is 2.29.